The molecule has 0 spiro atoms. The van der Waals surface area contributed by atoms with Gasteiger partial charge in [-0.05, 0) is 47.8 Å². The Morgan fingerprint density at radius 1 is 1.00 bits per heavy atom. The molecular formula is C17H23P. The molecule has 18 heavy (non-hydrogen) atoms. The van der Waals surface area contributed by atoms with Crippen LogP contribution in [-0.4, -0.2) is 6.66 Å². The molecule has 2 rings (SSSR count). The number of hydrogen-bond acceptors (Lipinski definition) is 0. The van der Waals surface area contributed by atoms with E-state index in [1.54, 1.807) is 5.56 Å². The lowest BCUT2D eigenvalue weighted by Crippen LogP contribution is -1.99. The zero-order chi connectivity index (χ0) is 13.1. The molecule has 2 aromatic rings. The van der Waals surface area contributed by atoms with Crippen molar-refractivity contribution in [1.82, 2.24) is 0 Å². The maximum atomic E-state index is 2.33. The fraction of sp³-hybridized carbons (Fsp3) is 0.412. The third-order valence-corrected chi connectivity index (χ3v) is 4.85. The summed E-state index contributed by atoms with van der Waals surface area (Å²) in [7, 11) is 0.979. The summed E-state index contributed by atoms with van der Waals surface area (Å²) in [6.07, 6.45) is 1.29. The van der Waals surface area contributed by atoms with Crippen LogP contribution in [0.4, 0.5) is 0 Å². The van der Waals surface area contributed by atoms with Gasteiger partial charge in [-0.3, -0.25) is 0 Å². The topological polar surface area (TPSA) is 0 Å². The number of benzene rings is 2. The van der Waals surface area contributed by atoms with E-state index >= 15 is 0 Å². The molecule has 0 aliphatic rings. The number of aryl methyl sites for hydroxylation is 1. The number of rotatable bonds is 4. The lowest BCUT2D eigenvalue weighted by Gasteiger charge is -2.20. The molecule has 2 unspecified atom stereocenters. The standard InChI is InChI=1S/C17H23P/c1-12(2)11-17(18-4)16-10-6-8-14-13(3)7-5-9-15(14)16/h5-10,12,17-18H,11H2,1-4H3. The van der Waals surface area contributed by atoms with Crippen LogP contribution in [0.2, 0.25) is 0 Å². The van der Waals surface area contributed by atoms with E-state index in [9.17, 15) is 0 Å². The largest absolute Gasteiger partial charge is 0.118 e. The van der Waals surface area contributed by atoms with Crippen LogP contribution in [0.3, 0.4) is 0 Å². The van der Waals surface area contributed by atoms with Crippen molar-refractivity contribution in [3.05, 3.63) is 47.5 Å². The lowest BCUT2D eigenvalue weighted by atomic mass is 9.95. The quantitative estimate of drug-likeness (QED) is 0.631. The molecule has 0 nitrogen and oxygen atoms in total. The van der Waals surface area contributed by atoms with Crippen molar-refractivity contribution in [2.45, 2.75) is 32.9 Å². The van der Waals surface area contributed by atoms with Gasteiger partial charge in [-0.1, -0.05) is 50.2 Å². The van der Waals surface area contributed by atoms with Crippen LogP contribution in [0.15, 0.2) is 36.4 Å². The summed E-state index contributed by atoms with van der Waals surface area (Å²) >= 11 is 0. The molecule has 1 heteroatoms. The Morgan fingerprint density at radius 3 is 2.33 bits per heavy atom. The van der Waals surface area contributed by atoms with Crippen LogP contribution < -0.4 is 0 Å². The van der Waals surface area contributed by atoms with E-state index in [2.05, 4.69) is 63.8 Å². The van der Waals surface area contributed by atoms with Crippen molar-refractivity contribution in [2.75, 3.05) is 6.66 Å². The molecule has 0 aliphatic carbocycles. The first-order valence-electron chi connectivity index (χ1n) is 6.79. The monoisotopic (exact) mass is 258 g/mol. The maximum absolute atomic E-state index is 2.33. The zero-order valence-corrected chi connectivity index (χ0v) is 12.8. The Balaban J connectivity index is 2.53. The summed E-state index contributed by atoms with van der Waals surface area (Å²) in [6, 6.07) is 13.5. The van der Waals surface area contributed by atoms with Crippen molar-refractivity contribution in [2.24, 2.45) is 5.92 Å². The molecule has 0 heterocycles. The first-order valence-corrected chi connectivity index (χ1v) is 8.36. The normalized spacial score (nSPS) is 13.8. The number of fused-ring (bicyclic) bond motifs is 1. The van der Waals surface area contributed by atoms with E-state index in [0.717, 1.165) is 20.2 Å². The third kappa shape index (κ3) is 2.75. The Morgan fingerprint density at radius 2 is 1.67 bits per heavy atom. The minimum absolute atomic E-state index is 0.718. The minimum atomic E-state index is 0.718. The van der Waals surface area contributed by atoms with E-state index in [0.29, 0.717) is 0 Å². The Hall–Kier alpha value is -0.870. The zero-order valence-electron chi connectivity index (χ0n) is 11.8. The molecule has 0 aliphatic heterocycles. The van der Waals surface area contributed by atoms with E-state index in [1.165, 1.54) is 22.8 Å². The molecule has 0 radical (unpaired) electrons. The van der Waals surface area contributed by atoms with E-state index in [1.807, 2.05) is 0 Å². The molecule has 0 saturated carbocycles. The van der Waals surface area contributed by atoms with Gasteiger partial charge in [-0.15, -0.1) is 8.58 Å². The SMILES string of the molecule is CPC(CC(C)C)c1cccc2c(C)cccc12. The number of hydrogen-bond donors (Lipinski definition) is 0. The molecule has 0 N–H and O–H groups in total. The van der Waals surface area contributed by atoms with Crippen molar-refractivity contribution >= 4 is 19.4 Å². The van der Waals surface area contributed by atoms with Crippen molar-refractivity contribution in [3.8, 4) is 0 Å². The molecule has 0 aromatic heterocycles. The van der Waals surface area contributed by atoms with Crippen molar-refractivity contribution in [1.29, 1.82) is 0 Å². The van der Waals surface area contributed by atoms with Gasteiger partial charge in [0.25, 0.3) is 0 Å². The molecule has 0 amide bonds. The summed E-state index contributed by atoms with van der Waals surface area (Å²) in [6.45, 7) is 9.19. The van der Waals surface area contributed by atoms with Crippen LogP contribution in [0.5, 0.6) is 0 Å². The first kappa shape index (κ1) is 13.6. The molecule has 96 valence electrons. The predicted octanol–water partition coefficient (Wildman–Crippen LogP) is 5.54. The van der Waals surface area contributed by atoms with Crippen LogP contribution in [0, 0.1) is 12.8 Å². The highest BCUT2D eigenvalue weighted by atomic mass is 31.1. The molecule has 0 bridgehead atoms. The van der Waals surface area contributed by atoms with Gasteiger partial charge in [0.2, 0.25) is 0 Å². The van der Waals surface area contributed by atoms with Gasteiger partial charge in [0.1, 0.15) is 0 Å². The van der Waals surface area contributed by atoms with Gasteiger partial charge >= 0.3 is 0 Å². The average Bonchev–Trinajstić information content (AvgIpc) is 2.36. The Bertz CT molecular complexity index is 528. The van der Waals surface area contributed by atoms with Gasteiger partial charge < -0.3 is 0 Å². The van der Waals surface area contributed by atoms with Crippen LogP contribution in [0.1, 0.15) is 37.1 Å². The third-order valence-electron chi connectivity index (χ3n) is 3.60. The maximum Gasteiger partial charge on any atom is 0.00201 e. The first-order chi connectivity index (χ1) is 8.63. The fourth-order valence-electron chi connectivity index (χ4n) is 2.67. The second-order valence-electron chi connectivity index (χ2n) is 5.49. The fourth-order valence-corrected chi connectivity index (χ4v) is 3.94. The van der Waals surface area contributed by atoms with Gasteiger partial charge in [0, 0.05) is 5.66 Å². The summed E-state index contributed by atoms with van der Waals surface area (Å²) in [4.78, 5) is 0. The van der Waals surface area contributed by atoms with Crippen LogP contribution in [-0.2, 0) is 0 Å². The van der Waals surface area contributed by atoms with Gasteiger partial charge in [0.15, 0.2) is 0 Å². The van der Waals surface area contributed by atoms with Crippen LogP contribution in [0.25, 0.3) is 10.8 Å². The van der Waals surface area contributed by atoms with E-state index < -0.39 is 0 Å². The molecule has 0 fully saturated rings. The van der Waals surface area contributed by atoms with Gasteiger partial charge in [0.05, 0.1) is 0 Å². The van der Waals surface area contributed by atoms with Crippen molar-refractivity contribution < 1.29 is 0 Å². The highest BCUT2D eigenvalue weighted by Gasteiger charge is 2.14. The molecular weight excluding hydrogens is 235 g/mol. The minimum Gasteiger partial charge on any atom is -0.118 e. The van der Waals surface area contributed by atoms with E-state index in [-0.39, 0.29) is 0 Å². The Labute approximate surface area is 113 Å². The summed E-state index contributed by atoms with van der Waals surface area (Å²) in [5.41, 5.74) is 3.65. The second-order valence-corrected chi connectivity index (χ2v) is 6.76. The second kappa shape index (κ2) is 5.85. The summed E-state index contributed by atoms with van der Waals surface area (Å²) in [5.74, 6) is 0.766. The average molecular weight is 258 g/mol. The molecule has 2 aromatic carbocycles. The predicted molar refractivity (Wildman–Crippen MR) is 85.1 cm³/mol. The van der Waals surface area contributed by atoms with E-state index in [4.69, 9.17) is 0 Å². The highest BCUT2D eigenvalue weighted by Crippen LogP contribution is 2.40. The summed E-state index contributed by atoms with van der Waals surface area (Å²) < 4.78 is 0. The molecule has 2 atom stereocenters. The Kier molecular flexibility index (Phi) is 4.40. The summed E-state index contributed by atoms with van der Waals surface area (Å²) in [5, 5.41) is 2.87. The van der Waals surface area contributed by atoms with Gasteiger partial charge in [-0.2, -0.15) is 0 Å². The van der Waals surface area contributed by atoms with Crippen molar-refractivity contribution in [3.63, 3.8) is 0 Å². The lowest BCUT2D eigenvalue weighted by molar-refractivity contribution is 0.579. The molecule has 0 saturated heterocycles. The van der Waals surface area contributed by atoms with Crippen LogP contribution >= 0.6 is 8.58 Å². The smallest absolute Gasteiger partial charge is 0.00201 e. The van der Waals surface area contributed by atoms with Gasteiger partial charge in [-0.25, -0.2) is 0 Å². The highest BCUT2D eigenvalue weighted by molar-refractivity contribution is 7.37.